The third-order valence-electron chi connectivity index (χ3n) is 2.77. The SMILES string of the molecule is CC1COC(CO)CN1c1ncc(Cl)cc1Br. The van der Waals surface area contributed by atoms with Crippen molar-refractivity contribution in [2.45, 2.75) is 19.1 Å². The highest BCUT2D eigenvalue weighted by atomic mass is 79.9. The number of nitrogens with zero attached hydrogens (tertiary/aromatic N) is 2. The highest BCUT2D eigenvalue weighted by Crippen LogP contribution is 2.29. The molecule has 0 bridgehead atoms. The highest BCUT2D eigenvalue weighted by Gasteiger charge is 2.27. The standard InChI is InChI=1S/C11H14BrClN2O2/c1-7-6-17-9(5-16)4-15(7)11-10(12)2-8(13)3-14-11/h2-3,7,9,16H,4-6H2,1H3. The van der Waals surface area contributed by atoms with E-state index in [1.807, 2.05) is 6.07 Å². The second-order valence-electron chi connectivity index (χ2n) is 4.10. The first kappa shape index (κ1) is 13.1. The molecule has 17 heavy (non-hydrogen) atoms. The minimum Gasteiger partial charge on any atom is -0.394 e. The van der Waals surface area contributed by atoms with E-state index in [0.29, 0.717) is 18.2 Å². The third-order valence-corrected chi connectivity index (χ3v) is 3.56. The minimum absolute atomic E-state index is 0.0223. The number of hydrogen-bond donors (Lipinski definition) is 1. The van der Waals surface area contributed by atoms with Crippen LogP contribution in [0.3, 0.4) is 0 Å². The number of aliphatic hydroxyl groups is 1. The number of ether oxygens (including phenoxy) is 1. The van der Waals surface area contributed by atoms with Crippen LogP contribution in [0.4, 0.5) is 5.82 Å². The van der Waals surface area contributed by atoms with Crippen molar-refractivity contribution in [3.63, 3.8) is 0 Å². The monoisotopic (exact) mass is 320 g/mol. The molecular weight excluding hydrogens is 307 g/mol. The van der Waals surface area contributed by atoms with Crippen LogP contribution >= 0.6 is 27.5 Å². The summed E-state index contributed by atoms with van der Waals surface area (Å²) in [6.45, 7) is 3.30. The lowest BCUT2D eigenvalue weighted by molar-refractivity contribution is -0.0106. The van der Waals surface area contributed by atoms with E-state index < -0.39 is 0 Å². The fourth-order valence-electron chi connectivity index (χ4n) is 1.84. The summed E-state index contributed by atoms with van der Waals surface area (Å²) in [5.74, 6) is 0.837. The van der Waals surface area contributed by atoms with E-state index in [2.05, 4.69) is 32.7 Å². The van der Waals surface area contributed by atoms with Crippen LogP contribution < -0.4 is 4.90 Å². The molecule has 1 aromatic heterocycles. The molecule has 1 aliphatic heterocycles. The van der Waals surface area contributed by atoms with Gasteiger partial charge in [0.25, 0.3) is 0 Å². The Bertz CT molecular complexity index is 405. The van der Waals surface area contributed by atoms with Crippen LogP contribution in [0.1, 0.15) is 6.92 Å². The Morgan fingerprint density at radius 1 is 1.71 bits per heavy atom. The topological polar surface area (TPSA) is 45.6 Å². The second-order valence-corrected chi connectivity index (χ2v) is 5.39. The van der Waals surface area contributed by atoms with Gasteiger partial charge in [0.1, 0.15) is 5.82 Å². The Labute approximate surface area is 114 Å². The Hall–Kier alpha value is -0.360. The Kier molecular flexibility index (Phi) is 4.25. The first-order valence-electron chi connectivity index (χ1n) is 5.42. The third kappa shape index (κ3) is 2.91. The Morgan fingerprint density at radius 2 is 2.47 bits per heavy atom. The second kappa shape index (κ2) is 5.52. The zero-order valence-corrected chi connectivity index (χ0v) is 11.8. The predicted octanol–water partition coefficient (Wildman–Crippen LogP) is 2.08. The van der Waals surface area contributed by atoms with Gasteiger partial charge >= 0.3 is 0 Å². The molecule has 2 rings (SSSR count). The van der Waals surface area contributed by atoms with Crippen LogP contribution in [0, 0.1) is 0 Å². The molecule has 2 unspecified atom stereocenters. The lowest BCUT2D eigenvalue weighted by atomic mass is 10.2. The fourth-order valence-corrected chi connectivity index (χ4v) is 2.71. The summed E-state index contributed by atoms with van der Waals surface area (Å²) in [6, 6.07) is 2.04. The number of rotatable bonds is 2. The van der Waals surface area contributed by atoms with Crippen LogP contribution in [-0.4, -0.2) is 42.0 Å². The normalized spacial score (nSPS) is 25.1. The van der Waals surface area contributed by atoms with Gasteiger partial charge in [-0.3, -0.25) is 0 Å². The molecule has 0 amide bonds. The van der Waals surface area contributed by atoms with Gasteiger partial charge in [0.05, 0.1) is 34.9 Å². The van der Waals surface area contributed by atoms with Gasteiger partial charge in [0.15, 0.2) is 0 Å². The van der Waals surface area contributed by atoms with Gasteiger partial charge in [0, 0.05) is 12.7 Å². The summed E-state index contributed by atoms with van der Waals surface area (Å²) < 4.78 is 6.35. The molecule has 0 spiro atoms. The number of anilines is 1. The average molecular weight is 322 g/mol. The van der Waals surface area contributed by atoms with Gasteiger partial charge in [-0.15, -0.1) is 0 Å². The molecule has 0 radical (unpaired) electrons. The number of pyridine rings is 1. The summed E-state index contributed by atoms with van der Waals surface area (Å²) in [7, 11) is 0. The maximum Gasteiger partial charge on any atom is 0.143 e. The largest absolute Gasteiger partial charge is 0.394 e. The molecule has 0 aromatic carbocycles. The zero-order valence-electron chi connectivity index (χ0n) is 9.44. The molecule has 94 valence electrons. The molecule has 1 fully saturated rings. The maximum atomic E-state index is 9.15. The molecule has 6 heteroatoms. The number of morpholine rings is 1. The summed E-state index contributed by atoms with van der Waals surface area (Å²) >= 11 is 9.33. The van der Waals surface area contributed by atoms with Gasteiger partial charge in [-0.25, -0.2) is 4.98 Å². The summed E-state index contributed by atoms with van der Waals surface area (Å²) in [5.41, 5.74) is 0. The van der Waals surface area contributed by atoms with Gasteiger partial charge in [-0.1, -0.05) is 11.6 Å². The maximum absolute atomic E-state index is 9.15. The minimum atomic E-state index is -0.157. The van der Waals surface area contributed by atoms with E-state index in [1.165, 1.54) is 0 Å². The first-order valence-corrected chi connectivity index (χ1v) is 6.59. The first-order chi connectivity index (χ1) is 8.11. The molecule has 2 heterocycles. The van der Waals surface area contributed by atoms with Gasteiger partial charge in [-0.2, -0.15) is 0 Å². The van der Waals surface area contributed by atoms with Crippen LogP contribution in [0.15, 0.2) is 16.7 Å². The Balaban J connectivity index is 2.24. The number of aromatic nitrogens is 1. The van der Waals surface area contributed by atoms with Crippen LogP contribution in [-0.2, 0) is 4.74 Å². The fraction of sp³-hybridized carbons (Fsp3) is 0.545. The smallest absolute Gasteiger partial charge is 0.143 e. The molecule has 2 atom stereocenters. The quantitative estimate of drug-likeness (QED) is 0.906. The van der Waals surface area contributed by atoms with Crippen molar-refractivity contribution in [3.8, 4) is 0 Å². The van der Waals surface area contributed by atoms with Gasteiger partial charge < -0.3 is 14.7 Å². The molecule has 1 aromatic rings. The van der Waals surface area contributed by atoms with E-state index in [0.717, 1.165) is 10.3 Å². The molecule has 1 aliphatic rings. The van der Waals surface area contributed by atoms with Crippen LogP contribution in [0.25, 0.3) is 0 Å². The summed E-state index contributed by atoms with van der Waals surface area (Å²) in [6.07, 6.45) is 1.47. The van der Waals surface area contributed by atoms with E-state index in [4.69, 9.17) is 21.4 Å². The summed E-state index contributed by atoms with van der Waals surface area (Å²) in [4.78, 5) is 6.45. The number of hydrogen-bond acceptors (Lipinski definition) is 4. The van der Waals surface area contributed by atoms with Crippen molar-refractivity contribution < 1.29 is 9.84 Å². The molecule has 1 saturated heterocycles. The van der Waals surface area contributed by atoms with Gasteiger partial charge in [-0.05, 0) is 28.9 Å². The van der Waals surface area contributed by atoms with Crippen molar-refractivity contribution in [2.75, 3.05) is 24.7 Å². The van der Waals surface area contributed by atoms with E-state index in [1.54, 1.807) is 6.20 Å². The Morgan fingerprint density at radius 3 is 3.12 bits per heavy atom. The number of halogens is 2. The molecule has 4 nitrogen and oxygen atoms in total. The van der Waals surface area contributed by atoms with E-state index in [9.17, 15) is 0 Å². The van der Waals surface area contributed by atoms with Crippen LogP contribution in [0.2, 0.25) is 5.02 Å². The molecular formula is C11H14BrClN2O2. The van der Waals surface area contributed by atoms with Crippen molar-refractivity contribution in [2.24, 2.45) is 0 Å². The lowest BCUT2D eigenvalue weighted by Crippen LogP contribution is -2.50. The van der Waals surface area contributed by atoms with Crippen molar-refractivity contribution in [1.29, 1.82) is 0 Å². The van der Waals surface area contributed by atoms with E-state index >= 15 is 0 Å². The van der Waals surface area contributed by atoms with Gasteiger partial charge in [0.2, 0.25) is 0 Å². The lowest BCUT2D eigenvalue weighted by Gasteiger charge is -2.38. The molecule has 0 aliphatic carbocycles. The predicted molar refractivity (Wildman–Crippen MR) is 70.6 cm³/mol. The summed E-state index contributed by atoms with van der Waals surface area (Å²) in [5, 5.41) is 9.75. The van der Waals surface area contributed by atoms with Crippen molar-refractivity contribution >= 4 is 33.3 Å². The zero-order chi connectivity index (χ0) is 12.4. The number of aliphatic hydroxyl groups excluding tert-OH is 1. The van der Waals surface area contributed by atoms with Crippen molar-refractivity contribution in [1.82, 2.24) is 4.98 Å². The molecule has 0 saturated carbocycles. The van der Waals surface area contributed by atoms with Crippen LogP contribution in [0.5, 0.6) is 0 Å². The van der Waals surface area contributed by atoms with E-state index in [-0.39, 0.29) is 18.8 Å². The average Bonchev–Trinajstić information content (AvgIpc) is 2.30. The van der Waals surface area contributed by atoms with Crippen molar-refractivity contribution in [3.05, 3.63) is 21.8 Å². The molecule has 1 N–H and O–H groups in total. The highest BCUT2D eigenvalue weighted by molar-refractivity contribution is 9.10.